The molecule has 1 aliphatic heterocycles. The molecule has 1 N–H and O–H groups in total. The van der Waals surface area contributed by atoms with E-state index in [0.29, 0.717) is 15.6 Å². The molecule has 1 heterocycles. The van der Waals surface area contributed by atoms with Gasteiger partial charge in [-0.15, -0.1) is 0 Å². The fourth-order valence-corrected chi connectivity index (χ4v) is 8.79. The maximum absolute atomic E-state index is 10.1. The molecule has 0 bridgehead atoms. The molecule has 3 saturated carbocycles. The average molecular weight is 319 g/mol. The number of fused-ring (bicyclic) bond motifs is 6. The average Bonchev–Trinajstić information content (AvgIpc) is 3.22. The third-order valence-electron chi connectivity index (χ3n) is 8.86. The Kier molecular flexibility index (Phi) is 2.85. The van der Waals surface area contributed by atoms with Gasteiger partial charge in [0.25, 0.3) is 0 Å². The summed E-state index contributed by atoms with van der Waals surface area (Å²) in [6, 6.07) is 0. The summed E-state index contributed by atoms with van der Waals surface area (Å²) in [5.74, 6) is 4.25. The predicted octanol–water partition coefficient (Wildman–Crippen LogP) is 4.80. The molecule has 7 atom stereocenters. The number of aliphatic hydroxyl groups excluding tert-OH is 1. The summed E-state index contributed by atoms with van der Waals surface area (Å²) in [6.45, 7) is 5.19. The summed E-state index contributed by atoms with van der Waals surface area (Å²) in [4.78, 5) is 0. The molecule has 5 rings (SSSR count). The Morgan fingerprint density at radius 2 is 1.86 bits per heavy atom. The van der Waals surface area contributed by atoms with Gasteiger partial charge in [-0.3, -0.25) is 0 Å². The predicted molar refractivity (Wildman–Crippen MR) is 92.9 cm³/mol. The minimum Gasteiger partial charge on any atom is -0.393 e. The summed E-state index contributed by atoms with van der Waals surface area (Å²) in [5, 5.41) is 10.1. The van der Waals surface area contributed by atoms with E-state index in [-0.39, 0.29) is 6.10 Å². The van der Waals surface area contributed by atoms with Crippen LogP contribution < -0.4 is 0 Å². The van der Waals surface area contributed by atoms with Crippen LogP contribution in [0.2, 0.25) is 0 Å². The smallest absolute Gasteiger partial charge is 0.0577 e. The van der Waals surface area contributed by atoms with E-state index in [1.807, 2.05) is 0 Å². The van der Waals surface area contributed by atoms with Gasteiger partial charge in [0.15, 0.2) is 0 Å². The minimum absolute atomic E-state index is 0.0673. The van der Waals surface area contributed by atoms with Crippen molar-refractivity contribution in [1.82, 2.24) is 0 Å². The molecule has 0 aromatic carbocycles. The van der Waals surface area contributed by atoms with Crippen LogP contribution in [0.1, 0.15) is 65.2 Å². The zero-order valence-electron chi connectivity index (χ0n) is 14.1. The summed E-state index contributed by atoms with van der Waals surface area (Å²) in [7, 11) is 0. The van der Waals surface area contributed by atoms with Gasteiger partial charge in [0.2, 0.25) is 0 Å². The number of hydrogen-bond acceptors (Lipinski definition) is 2. The molecule has 0 radical (unpaired) electrons. The van der Waals surface area contributed by atoms with E-state index >= 15 is 0 Å². The van der Waals surface area contributed by atoms with Crippen LogP contribution in [0.25, 0.3) is 0 Å². The fraction of sp³-hybridized carbons (Fsp3) is 0.900. The molecule has 0 aromatic heterocycles. The van der Waals surface area contributed by atoms with Crippen molar-refractivity contribution in [3.8, 4) is 0 Å². The van der Waals surface area contributed by atoms with Gasteiger partial charge in [-0.25, -0.2) is 0 Å². The van der Waals surface area contributed by atoms with Crippen molar-refractivity contribution >= 4 is 11.8 Å². The van der Waals surface area contributed by atoms with E-state index in [1.54, 1.807) is 5.57 Å². The topological polar surface area (TPSA) is 20.2 Å². The molecular weight excluding hydrogens is 288 g/mol. The second-order valence-corrected chi connectivity index (χ2v) is 10.8. The third-order valence-corrected chi connectivity index (χ3v) is 10.5. The largest absolute Gasteiger partial charge is 0.393 e. The van der Waals surface area contributed by atoms with Gasteiger partial charge in [0.05, 0.1) is 6.10 Å². The molecule has 2 heteroatoms. The highest BCUT2D eigenvalue weighted by molar-refractivity contribution is 8.08. The monoisotopic (exact) mass is 318 g/mol. The van der Waals surface area contributed by atoms with Crippen LogP contribution in [0, 0.1) is 28.6 Å². The Labute approximate surface area is 139 Å². The Balaban J connectivity index is 1.51. The zero-order valence-corrected chi connectivity index (χ0v) is 14.9. The molecule has 1 saturated heterocycles. The second kappa shape index (κ2) is 4.36. The van der Waals surface area contributed by atoms with E-state index in [0.717, 1.165) is 30.6 Å². The van der Waals surface area contributed by atoms with Crippen molar-refractivity contribution in [2.24, 2.45) is 28.6 Å². The van der Waals surface area contributed by atoms with Crippen LogP contribution in [0.15, 0.2) is 11.6 Å². The highest BCUT2D eigenvalue weighted by Crippen LogP contribution is 2.74. The first-order chi connectivity index (χ1) is 10.5. The van der Waals surface area contributed by atoms with Crippen LogP contribution in [0.3, 0.4) is 0 Å². The quantitative estimate of drug-likeness (QED) is 0.511. The highest BCUT2D eigenvalue weighted by Gasteiger charge is 2.68. The fourth-order valence-electron chi connectivity index (χ4n) is 7.30. The first-order valence-electron chi connectivity index (χ1n) is 9.50. The molecule has 122 valence electrons. The Morgan fingerprint density at radius 3 is 2.64 bits per heavy atom. The van der Waals surface area contributed by atoms with Crippen molar-refractivity contribution in [1.29, 1.82) is 0 Å². The number of hydrogen-bond donors (Lipinski definition) is 1. The van der Waals surface area contributed by atoms with Crippen LogP contribution in [-0.2, 0) is 0 Å². The maximum atomic E-state index is 10.1. The maximum Gasteiger partial charge on any atom is 0.0577 e. The lowest BCUT2D eigenvalue weighted by atomic mass is 9.47. The van der Waals surface area contributed by atoms with E-state index in [9.17, 15) is 5.11 Å². The molecular formula is C20H30OS. The number of thioether (sulfide) groups is 1. The van der Waals surface area contributed by atoms with Gasteiger partial charge in [0.1, 0.15) is 0 Å². The van der Waals surface area contributed by atoms with Gasteiger partial charge in [-0.2, -0.15) is 11.8 Å². The zero-order chi connectivity index (χ0) is 15.2. The van der Waals surface area contributed by atoms with Gasteiger partial charge >= 0.3 is 0 Å². The third kappa shape index (κ3) is 1.62. The molecule has 4 aliphatic carbocycles. The van der Waals surface area contributed by atoms with Gasteiger partial charge in [-0.1, -0.05) is 25.5 Å². The van der Waals surface area contributed by atoms with Crippen molar-refractivity contribution in [2.45, 2.75) is 76.1 Å². The van der Waals surface area contributed by atoms with E-state index in [2.05, 4.69) is 31.7 Å². The summed E-state index contributed by atoms with van der Waals surface area (Å²) < 4.78 is 0.691. The van der Waals surface area contributed by atoms with E-state index in [4.69, 9.17) is 0 Å². The second-order valence-electron chi connectivity index (χ2n) is 9.43. The molecule has 4 fully saturated rings. The van der Waals surface area contributed by atoms with Gasteiger partial charge < -0.3 is 5.11 Å². The van der Waals surface area contributed by atoms with Crippen molar-refractivity contribution < 1.29 is 5.11 Å². The van der Waals surface area contributed by atoms with Crippen LogP contribution in [0.5, 0.6) is 0 Å². The molecule has 0 amide bonds. The molecule has 22 heavy (non-hydrogen) atoms. The van der Waals surface area contributed by atoms with Crippen molar-refractivity contribution in [3.05, 3.63) is 11.6 Å². The molecule has 0 aromatic rings. The Morgan fingerprint density at radius 1 is 1.09 bits per heavy atom. The van der Waals surface area contributed by atoms with Crippen molar-refractivity contribution in [2.75, 3.05) is 5.75 Å². The number of rotatable bonds is 0. The normalized spacial score (nSPS) is 59.5. The van der Waals surface area contributed by atoms with Crippen LogP contribution in [-0.4, -0.2) is 21.7 Å². The summed E-state index contributed by atoms with van der Waals surface area (Å²) >= 11 is 2.28. The highest BCUT2D eigenvalue weighted by atomic mass is 32.2. The summed E-state index contributed by atoms with van der Waals surface area (Å²) in [6.07, 6.45) is 12.9. The standard InChI is InChI=1S/C20H30OS/c1-18-8-5-14(21)11-13(18)3-4-15-16(18)6-9-19(2)17(15)7-10-20(19)12-22-20/h3,14-17,21H,4-12H2,1-2H3/t14-,15-,16+,17+,18-,19-,20-/m0/s1. The lowest BCUT2D eigenvalue weighted by Crippen LogP contribution is -2.51. The lowest BCUT2D eigenvalue weighted by molar-refractivity contribution is -0.0397. The van der Waals surface area contributed by atoms with Gasteiger partial charge in [-0.05, 0) is 80.0 Å². The van der Waals surface area contributed by atoms with E-state index in [1.165, 1.54) is 44.3 Å². The van der Waals surface area contributed by atoms with Crippen molar-refractivity contribution in [3.63, 3.8) is 0 Å². The Bertz CT molecular complexity index is 536. The first-order valence-corrected chi connectivity index (χ1v) is 10.5. The number of allylic oxidation sites excluding steroid dienone is 1. The first kappa shape index (κ1) is 14.4. The molecule has 1 nitrogen and oxygen atoms in total. The summed E-state index contributed by atoms with van der Waals surface area (Å²) in [5.41, 5.74) is 2.66. The lowest BCUT2D eigenvalue weighted by Gasteiger charge is -2.58. The van der Waals surface area contributed by atoms with Crippen LogP contribution >= 0.6 is 11.8 Å². The van der Waals surface area contributed by atoms with E-state index < -0.39 is 0 Å². The molecule has 5 aliphatic rings. The van der Waals surface area contributed by atoms with Crippen LogP contribution in [0.4, 0.5) is 0 Å². The number of aliphatic hydroxyl groups is 1. The Hall–Kier alpha value is 0.0500. The minimum atomic E-state index is -0.0673. The molecule has 1 spiro atoms. The van der Waals surface area contributed by atoms with Gasteiger partial charge in [0, 0.05) is 10.5 Å². The SMILES string of the molecule is C[C@]12CC[C@H](O)CC1=CC[C@H]1[C@H]2CC[C@@]2(C)[C@@H]1CC[C@]21CS1. The molecule has 0 unspecified atom stereocenters.